The van der Waals surface area contributed by atoms with Crippen LogP contribution in [0.25, 0.3) is 0 Å². The van der Waals surface area contributed by atoms with Gasteiger partial charge in [-0.15, -0.1) is 0 Å². The number of hydrogen-bond acceptors (Lipinski definition) is 5. The van der Waals surface area contributed by atoms with Crippen LogP contribution in [0.5, 0.6) is 0 Å². The highest BCUT2D eigenvalue weighted by atomic mass is 35.5. The Morgan fingerprint density at radius 1 is 1.60 bits per heavy atom. The Kier molecular flexibility index (Phi) is 4.58. The lowest BCUT2D eigenvalue weighted by atomic mass is 9.97. The summed E-state index contributed by atoms with van der Waals surface area (Å²) in [5.74, 6) is 0. The molecule has 2 heterocycles. The summed E-state index contributed by atoms with van der Waals surface area (Å²) in [4.78, 5) is 3.57. The first-order chi connectivity index (χ1) is 9.24. The molecule has 0 spiro atoms. The highest BCUT2D eigenvalue weighted by Crippen LogP contribution is 2.26. The standard InChI is InChI=1S/C11H14Cl2N2O4S/c1-7-11(16,2-3-19-7)6-15-20(17,18)8-4-9(12)10(13)14-5-8/h4-5,7,15-16H,2-3,6H2,1H3. The van der Waals surface area contributed by atoms with Crippen LogP contribution < -0.4 is 4.72 Å². The average Bonchev–Trinajstić information content (AvgIpc) is 2.71. The van der Waals surface area contributed by atoms with Crippen LogP contribution in [0.3, 0.4) is 0 Å². The zero-order chi connectivity index (χ0) is 15.0. The quantitative estimate of drug-likeness (QED) is 0.804. The van der Waals surface area contributed by atoms with E-state index in [-0.39, 0.29) is 21.6 Å². The van der Waals surface area contributed by atoms with Gasteiger partial charge in [0, 0.05) is 25.8 Å². The Morgan fingerprint density at radius 2 is 2.30 bits per heavy atom. The molecule has 0 amide bonds. The summed E-state index contributed by atoms with van der Waals surface area (Å²) in [5, 5.41) is 10.3. The van der Waals surface area contributed by atoms with Crippen molar-refractivity contribution in [2.45, 2.75) is 29.9 Å². The van der Waals surface area contributed by atoms with Gasteiger partial charge in [0.1, 0.15) is 15.6 Å². The van der Waals surface area contributed by atoms with Crippen molar-refractivity contribution in [1.29, 1.82) is 0 Å². The van der Waals surface area contributed by atoms with E-state index in [1.165, 1.54) is 6.07 Å². The average molecular weight is 341 g/mol. The summed E-state index contributed by atoms with van der Waals surface area (Å²) in [6.45, 7) is 1.95. The predicted octanol–water partition coefficient (Wildman–Crippen LogP) is 1.21. The van der Waals surface area contributed by atoms with Crippen molar-refractivity contribution in [2.24, 2.45) is 0 Å². The fourth-order valence-corrected chi connectivity index (χ4v) is 3.26. The minimum absolute atomic E-state index is 0.0297. The molecule has 1 aromatic rings. The van der Waals surface area contributed by atoms with Gasteiger partial charge in [0.25, 0.3) is 0 Å². The molecule has 2 rings (SSSR count). The Labute approximate surface area is 127 Å². The Balaban J connectivity index is 2.13. The Hall–Kier alpha value is -0.440. The van der Waals surface area contributed by atoms with Crippen molar-refractivity contribution >= 4 is 33.2 Å². The third kappa shape index (κ3) is 3.24. The second kappa shape index (κ2) is 5.75. The van der Waals surface area contributed by atoms with Crippen LogP contribution in [0.15, 0.2) is 17.2 Å². The number of halogens is 2. The summed E-state index contributed by atoms with van der Waals surface area (Å²) in [7, 11) is -3.82. The molecule has 2 N–H and O–H groups in total. The van der Waals surface area contributed by atoms with E-state index >= 15 is 0 Å². The summed E-state index contributed by atoms with van der Waals surface area (Å²) < 4.78 is 31.8. The van der Waals surface area contributed by atoms with E-state index in [1.807, 2.05) is 0 Å². The molecule has 1 fully saturated rings. The maximum atomic E-state index is 12.1. The van der Waals surface area contributed by atoms with Crippen molar-refractivity contribution in [2.75, 3.05) is 13.2 Å². The Bertz CT molecular complexity index is 610. The van der Waals surface area contributed by atoms with Crippen LogP contribution in [0.4, 0.5) is 0 Å². The molecule has 112 valence electrons. The monoisotopic (exact) mass is 340 g/mol. The topological polar surface area (TPSA) is 88.5 Å². The third-order valence-corrected chi connectivity index (χ3v) is 5.36. The van der Waals surface area contributed by atoms with E-state index in [1.54, 1.807) is 6.92 Å². The number of pyridine rings is 1. The van der Waals surface area contributed by atoms with Crippen LogP contribution in [-0.4, -0.2) is 43.4 Å². The molecule has 0 radical (unpaired) electrons. The van der Waals surface area contributed by atoms with Crippen LogP contribution >= 0.6 is 23.2 Å². The summed E-state index contributed by atoms with van der Waals surface area (Å²) in [6, 6.07) is 1.21. The highest BCUT2D eigenvalue weighted by molar-refractivity contribution is 7.89. The molecule has 20 heavy (non-hydrogen) atoms. The van der Waals surface area contributed by atoms with E-state index in [2.05, 4.69) is 9.71 Å². The predicted molar refractivity (Wildman–Crippen MR) is 74.4 cm³/mol. The molecule has 2 atom stereocenters. The van der Waals surface area contributed by atoms with E-state index in [0.717, 1.165) is 6.20 Å². The molecular formula is C11H14Cl2N2O4S. The summed E-state index contributed by atoms with van der Waals surface area (Å²) >= 11 is 11.4. The van der Waals surface area contributed by atoms with E-state index in [9.17, 15) is 13.5 Å². The number of aliphatic hydroxyl groups is 1. The molecule has 1 saturated heterocycles. The number of rotatable bonds is 4. The Morgan fingerprint density at radius 3 is 2.85 bits per heavy atom. The fraction of sp³-hybridized carbons (Fsp3) is 0.545. The summed E-state index contributed by atoms with van der Waals surface area (Å²) in [6.07, 6.45) is 1.04. The SMILES string of the molecule is CC1OCCC1(O)CNS(=O)(=O)c1cnc(Cl)c(Cl)c1. The van der Waals surface area contributed by atoms with Crippen molar-refractivity contribution in [3.63, 3.8) is 0 Å². The first kappa shape index (κ1) is 15.9. The number of nitrogens with one attached hydrogen (secondary N) is 1. The number of sulfonamides is 1. The largest absolute Gasteiger partial charge is 0.386 e. The number of ether oxygens (including phenoxy) is 1. The molecule has 1 aromatic heterocycles. The number of hydrogen-bond donors (Lipinski definition) is 2. The first-order valence-corrected chi connectivity index (χ1v) is 8.13. The molecule has 1 aliphatic heterocycles. The lowest BCUT2D eigenvalue weighted by Gasteiger charge is -2.26. The van der Waals surface area contributed by atoms with Gasteiger partial charge in [-0.1, -0.05) is 23.2 Å². The molecule has 9 heteroatoms. The zero-order valence-corrected chi connectivity index (χ0v) is 13.0. The minimum Gasteiger partial charge on any atom is -0.386 e. The van der Waals surface area contributed by atoms with Gasteiger partial charge in [-0.25, -0.2) is 18.1 Å². The second-order valence-electron chi connectivity index (χ2n) is 4.63. The van der Waals surface area contributed by atoms with Gasteiger partial charge < -0.3 is 9.84 Å². The number of aromatic nitrogens is 1. The molecule has 0 bridgehead atoms. The second-order valence-corrected chi connectivity index (χ2v) is 7.17. The lowest BCUT2D eigenvalue weighted by molar-refractivity contribution is -0.0228. The lowest BCUT2D eigenvalue weighted by Crippen LogP contribution is -2.47. The van der Waals surface area contributed by atoms with Gasteiger partial charge >= 0.3 is 0 Å². The van der Waals surface area contributed by atoms with E-state index < -0.39 is 21.7 Å². The van der Waals surface area contributed by atoms with Crippen LogP contribution in [-0.2, 0) is 14.8 Å². The molecule has 0 aromatic carbocycles. The van der Waals surface area contributed by atoms with Gasteiger partial charge in [0.2, 0.25) is 10.0 Å². The van der Waals surface area contributed by atoms with Gasteiger partial charge in [0.15, 0.2) is 0 Å². The van der Waals surface area contributed by atoms with Crippen LogP contribution in [0.1, 0.15) is 13.3 Å². The maximum absolute atomic E-state index is 12.1. The summed E-state index contributed by atoms with van der Waals surface area (Å²) in [5.41, 5.74) is -1.21. The van der Waals surface area contributed by atoms with Crippen molar-refractivity contribution < 1.29 is 18.3 Å². The van der Waals surface area contributed by atoms with Crippen molar-refractivity contribution in [1.82, 2.24) is 9.71 Å². The molecule has 2 unspecified atom stereocenters. The van der Waals surface area contributed by atoms with Crippen LogP contribution in [0, 0.1) is 0 Å². The van der Waals surface area contributed by atoms with Gasteiger partial charge in [-0.2, -0.15) is 0 Å². The first-order valence-electron chi connectivity index (χ1n) is 5.89. The molecule has 0 saturated carbocycles. The zero-order valence-electron chi connectivity index (χ0n) is 10.6. The van der Waals surface area contributed by atoms with Gasteiger partial charge in [-0.05, 0) is 13.0 Å². The van der Waals surface area contributed by atoms with Crippen molar-refractivity contribution in [3.8, 4) is 0 Å². The van der Waals surface area contributed by atoms with E-state index in [4.69, 9.17) is 27.9 Å². The van der Waals surface area contributed by atoms with Gasteiger partial charge in [0.05, 0.1) is 11.1 Å². The van der Waals surface area contributed by atoms with Crippen molar-refractivity contribution in [3.05, 3.63) is 22.4 Å². The molecule has 6 nitrogen and oxygen atoms in total. The normalized spacial score (nSPS) is 26.9. The maximum Gasteiger partial charge on any atom is 0.242 e. The fourth-order valence-electron chi connectivity index (χ4n) is 1.86. The van der Waals surface area contributed by atoms with Gasteiger partial charge in [-0.3, -0.25) is 0 Å². The number of nitrogens with zero attached hydrogens (tertiary/aromatic N) is 1. The molecular weight excluding hydrogens is 327 g/mol. The van der Waals surface area contributed by atoms with E-state index in [0.29, 0.717) is 13.0 Å². The molecule has 0 aliphatic carbocycles. The molecule has 1 aliphatic rings. The van der Waals surface area contributed by atoms with Crippen LogP contribution in [0.2, 0.25) is 10.2 Å². The smallest absolute Gasteiger partial charge is 0.242 e. The third-order valence-electron chi connectivity index (χ3n) is 3.31. The minimum atomic E-state index is -3.82. The highest BCUT2D eigenvalue weighted by Gasteiger charge is 2.40.